The van der Waals surface area contributed by atoms with E-state index in [2.05, 4.69) is 76.2 Å². The normalized spacial score (nSPS) is 13.8. The Hall–Kier alpha value is -2.48. The number of benzene rings is 2. The number of unbranched alkanes of at least 4 members (excludes halogenated alkanes) is 9. The summed E-state index contributed by atoms with van der Waals surface area (Å²) in [4.78, 5) is 0. The molecule has 0 aromatic heterocycles. The molecule has 1 aliphatic rings. The van der Waals surface area contributed by atoms with Gasteiger partial charge >= 0.3 is 0 Å². The maximum Gasteiger partial charge on any atom is 0.211 e. The second-order valence-electron chi connectivity index (χ2n) is 10.9. The molecular formula is C35H50N2. The first kappa shape index (κ1) is 29.1. The summed E-state index contributed by atoms with van der Waals surface area (Å²) in [6.45, 7) is 8.98. The zero-order valence-electron chi connectivity index (χ0n) is 24.1. The lowest BCUT2D eigenvalue weighted by molar-refractivity contribution is -0.345. The summed E-state index contributed by atoms with van der Waals surface area (Å²) in [5.74, 6) is 0. The molecule has 0 saturated heterocycles. The van der Waals surface area contributed by atoms with Crippen molar-refractivity contribution >= 4 is 11.4 Å². The minimum Gasteiger partial charge on any atom is -0.493 e. The Morgan fingerprint density at radius 1 is 0.514 bits per heavy atom. The van der Waals surface area contributed by atoms with Gasteiger partial charge < -0.3 is 5.53 Å². The van der Waals surface area contributed by atoms with E-state index in [1.807, 2.05) is 0 Å². The highest BCUT2D eigenvalue weighted by atomic mass is 15.2. The maximum atomic E-state index is 11.6. The Morgan fingerprint density at radius 2 is 0.919 bits per heavy atom. The molecular weight excluding hydrogens is 448 g/mol. The van der Waals surface area contributed by atoms with E-state index < -0.39 is 0 Å². The van der Waals surface area contributed by atoms with Crippen molar-refractivity contribution in [1.82, 2.24) is 0 Å². The molecule has 0 aliphatic carbocycles. The van der Waals surface area contributed by atoms with Crippen molar-refractivity contribution in [2.24, 2.45) is 0 Å². The average molecular weight is 499 g/mol. The van der Waals surface area contributed by atoms with Gasteiger partial charge in [0.25, 0.3) is 0 Å². The lowest BCUT2D eigenvalue weighted by Crippen LogP contribution is -2.03. The zero-order chi connectivity index (χ0) is 26.5. The topological polar surface area (TPSA) is 25.3 Å². The highest BCUT2D eigenvalue weighted by Crippen LogP contribution is 2.42. The lowest BCUT2D eigenvalue weighted by Gasteiger charge is -2.11. The van der Waals surface area contributed by atoms with Crippen LogP contribution in [0, 0.1) is 0 Å². The Morgan fingerprint density at radius 3 is 1.35 bits per heavy atom. The molecule has 1 heterocycles. The van der Waals surface area contributed by atoms with Crippen molar-refractivity contribution in [2.45, 2.75) is 124 Å². The first-order chi connectivity index (χ1) is 18.1. The molecule has 37 heavy (non-hydrogen) atoms. The van der Waals surface area contributed by atoms with E-state index in [0.717, 1.165) is 48.2 Å². The number of aryl methyl sites for hydroxylation is 2. The molecule has 2 aromatic carbocycles. The SMILES string of the molecule is CCCCCCC1=C(c2ccc(CCCCCC)cc2)[N+](=[N-])C(c2ccc(CCCCCC)cc2)=C1C. The Kier molecular flexibility index (Phi) is 12.3. The van der Waals surface area contributed by atoms with Gasteiger partial charge in [-0.1, -0.05) is 103 Å². The van der Waals surface area contributed by atoms with Crippen molar-refractivity contribution in [3.63, 3.8) is 0 Å². The molecule has 0 radical (unpaired) electrons. The van der Waals surface area contributed by atoms with Gasteiger partial charge in [-0.25, -0.2) is 4.70 Å². The predicted molar refractivity (Wildman–Crippen MR) is 160 cm³/mol. The molecule has 0 bridgehead atoms. The molecule has 1 aliphatic heterocycles. The molecule has 200 valence electrons. The van der Waals surface area contributed by atoms with Crippen molar-refractivity contribution in [3.8, 4) is 0 Å². The van der Waals surface area contributed by atoms with Crippen LogP contribution in [0.1, 0.15) is 133 Å². The summed E-state index contributed by atoms with van der Waals surface area (Å²) in [5, 5.41) is 0. The van der Waals surface area contributed by atoms with Crippen LogP contribution in [0.4, 0.5) is 0 Å². The number of hydrogen-bond donors (Lipinski definition) is 0. The van der Waals surface area contributed by atoms with E-state index in [-0.39, 0.29) is 0 Å². The number of allylic oxidation sites excluding steroid dienone is 2. The van der Waals surface area contributed by atoms with Crippen LogP contribution >= 0.6 is 0 Å². The zero-order valence-corrected chi connectivity index (χ0v) is 24.1. The van der Waals surface area contributed by atoms with E-state index in [0.29, 0.717) is 0 Å². The molecule has 0 spiro atoms. The third-order valence-electron chi connectivity index (χ3n) is 7.89. The molecule has 0 amide bonds. The smallest absolute Gasteiger partial charge is 0.211 e. The third kappa shape index (κ3) is 8.25. The van der Waals surface area contributed by atoms with Gasteiger partial charge in [-0.05, 0) is 80.8 Å². The highest BCUT2D eigenvalue weighted by Gasteiger charge is 2.33. The predicted octanol–water partition coefficient (Wildman–Crippen LogP) is 11.1. The number of rotatable bonds is 17. The van der Waals surface area contributed by atoms with Crippen molar-refractivity contribution < 1.29 is 4.70 Å². The highest BCUT2D eigenvalue weighted by molar-refractivity contribution is 5.81. The van der Waals surface area contributed by atoms with Crippen LogP contribution < -0.4 is 0 Å². The fraction of sp³-hybridized carbons (Fsp3) is 0.543. The second kappa shape index (κ2) is 15.7. The molecule has 2 nitrogen and oxygen atoms in total. The van der Waals surface area contributed by atoms with Crippen molar-refractivity contribution in [1.29, 1.82) is 0 Å². The van der Waals surface area contributed by atoms with Crippen LogP contribution in [0.25, 0.3) is 16.9 Å². The summed E-state index contributed by atoms with van der Waals surface area (Å²) < 4.78 is 1.48. The Balaban J connectivity index is 1.80. The number of nitrogens with zero attached hydrogens (tertiary/aromatic N) is 2. The van der Waals surface area contributed by atoms with Gasteiger partial charge in [0.2, 0.25) is 11.4 Å². The standard InChI is InChI=1S/C35H50N2/c1-5-8-11-14-17-29-20-24-31(25-21-29)34-28(4)33(19-16-13-10-7-3)35(37(34)36)32-26-22-30(23-27-32)18-15-12-9-6-2/h20-27H,5-19H2,1-4H3. The van der Waals surface area contributed by atoms with Crippen LogP contribution in [0.3, 0.4) is 0 Å². The summed E-state index contributed by atoms with van der Waals surface area (Å²) in [6, 6.07) is 17.9. The van der Waals surface area contributed by atoms with E-state index in [4.69, 9.17) is 0 Å². The lowest BCUT2D eigenvalue weighted by atomic mass is 9.95. The van der Waals surface area contributed by atoms with Crippen molar-refractivity contribution in [2.75, 3.05) is 0 Å². The maximum absolute atomic E-state index is 11.6. The summed E-state index contributed by atoms with van der Waals surface area (Å²) >= 11 is 0. The Bertz CT molecular complexity index is 1040. The van der Waals surface area contributed by atoms with Crippen LogP contribution in [0.15, 0.2) is 59.7 Å². The molecule has 0 fully saturated rings. The molecule has 0 unspecified atom stereocenters. The van der Waals surface area contributed by atoms with E-state index in [1.54, 1.807) is 0 Å². The van der Waals surface area contributed by atoms with E-state index in [9.17, 15) is 5.53 Å². The third-order valence-corrected chi connectivity index (χ3v) is 7.89. The summed E-state index contributed by atoms with van der Waals surface area (Å²) in [6.07, 6.45) is 18.5. The van der Waals surface area contributed by atoms with E-state index >= 15 is 0 Å². The average Bonchev–Trinajstić information content (AvgIpc) is 3.17. The van der Waals surface area contributed by atoms with Gasteiger partial charge in [-0.15, -0.1) is 0 Å². The minimum atomic E-state index is 0.946. The molecule has 0 N–H and O–H groups in total. The van der Waals surface area contributed by atoms with Gasteiger partial charge in [-0.3, -0.25) is 0 Å². The molecule has 2 aromatic rings. The largest absolute Gasteiger partial charge is 0.493 e. The molecule has 2 heteroatoms. The minimum absolute atomic E-state index is 0.946. The first-order valence-corrected chi connectivity index (χ1v) is 15.2. The second-order valence-corrected chi connectivity index (χ2v) is 10.9. The van der Waals surface area contributed by atoms with Gasteiger partial charge in [0, 0.05) is 22.3 Å². The Labute approximate surface area is 227 Å². The van der Waals surface area contributed by atoms with E-state index in [1.165, 1.54) is 97.6 Å². The first-order valence-electron chi connectivity index (χ1n) is 15.2. The van der Waals surface area contributed by atoms with Crippen LogP contribution in [0.5, 0.6) is 0 Å². The van der Waals surface area contributed by atoms with Gasteiger partial charge in [-0.2, -0.15) is 0 Å². The number of hydrogen-bond acceptors (Lipinski definition) is 0. The fourth-order valence-corrected chi connectivity index (χ4v) is 5.56. The molecule has 0 atom stereocenters. The van der Waals surface area contributed by atoms with Crippen LogP contribution in [-0.4, -0.2) is 4.70 Å². The van der Waals surface area contributed by atoms with Crippen LogP contribution in [-0.2, 0) is 12.8 Å². The van der Waals surface area contributed by atoms with Gasteiger partial charge in [0.05, 0.1) is 0 Å². The van der Waals surface area contributed by atoms with Crippen LogP contribution in [0.2, 0.25) is 0 Å². The van der Waals surface area contributed by atoms with Gasteiger partial charge in [0.1, 0.15) is 0 Å². The fourth-order valence-electron chi connectivity index (χ4n) is 5.56. The monoisotopic (exact) mass is 498 g/mol. The molecule has 0 saturated carbocycles. The summed E-state index contributed by atoms with van der Waals surface area (Å²) in [5.41, 5.74) is 21.0. The quantitative estimate of drug-likeness (QED) is 0.153. The van der Waals surface area contributed by atoms with Gasteiger partial charge in [0.15, 0.2) is 0 Å². The summed E-state index contributed by atoms with van der Waals surface area (Å²) in [7, 11) is 0. The molecule has 3 rings (SSSR count). The van der Waals surface area contributed by atoms with Crippen molar-refractivity contribution in [3.05, 3.63) is 87.5 Å².